The Morgan fingerprint density at radius 1 is 1.22 bits per heavy atom. The van der Waals surface area contributed by atoms with Crippen LogP contribution in [0.25, 0.3) is 0 Å². The van der Waals surface area contributed by atoms with E-state index in [4.69, 9.17) is 28.9 Å². The SMILES string of the molecule is CC1(C)CN(CC(C(N)=O)c2ccc(Cl)cc2[N+](=O)[O-])CCC1(O)Cc1ccc(Cl)cc1. The standard InChI is InChI=1S/C23H27Cl2N3O4/c1-22(2)14-27(10-9-23(22,30)12-15-3-5-16(24)6-4-15)13-19(21(26)29)18-8-7-17(25)11-20(18)28(31)32/h3-8,11,19,30H,9-10,12-14H2,1-2H3,(H2,26,29). The third-order valence-corrected chi connectivity index (χ3v) is 6.97. The van der Waals surface area contributed by atoms with Gasteiger partial charge in [-0.15, -0.1) is 0 Å². The lowest BCUT2D eigenvalue weighted by atomic mass is 9.67. The zero-order valence-electron chi connectivity index (χ0n) is 18.1. The van der Waals surface area contributed by atoms with Gasteiger partial charge in [-0.25, -0.2) is 0 Å². The van der Waals surface area contributed by atoms with Crippen LogP contribution in [0, 0.1) is 15.5 Å². The maximum Gasteiger partial charge on any atom is 0.274 e. The molecule has 0 aliphatic carbocycles. The summed E-state index contributed by atoms with van der Waals surface area (Å²) in [4.78, 5) is 25.3. The molecule has 0 spiro atoms. The molecule has 172 valence electrons. The summed E-state index contributed by atoms with van der Waals surface area (Å²) in [5.74, 6) is -1.51. The molecule has 0 aromatic heterocycles. The highest BCUT2D eigenvalue weighted by Gasteiger charge is 2.48. The first kappa shape index (κ1) is 24.5. The quantitative estimate of drug-likeness (QED) is 0.457. The normalized spacial score (nSPS) is 21.8. The van der Waals surface area contributed by atoms with Gasteiger partial charge in [0.25, 0.3) is 5.69 Å². The summed E-state index contributed by atoms with van der Waals surface area (Å²) in [6, 6.07) is 11.7. The number of rotatable bonds is 7. The Bertz CT molecular complexity index is 1010. The number of hydrogen-bond acceptors (Lipinski definition) is 5. The second-order valence-corrected chi connectivity index (χ2v) is 9.99. The predicted octanol–water partition coefficient (Wildman–Crippen LogP) is 4.18. The van der Waals surface area contributed by atoms with Crippen molar-refractivity contribution in [2.24, 2.45) is 11.1 Å². The van der Waals surface area contributed by atoms with Gasteiger partial charge in [0.2, 0.25) is 5.91 Å². The number of carbonyl (C=O) groups excluding carboxylic acids is 1. The second kappa shape index (κ2) is 9.35. The highest BCUT2D eigenvalue weighted by atomic mass is 35.5. The van der Waals surface area contributed by atoms with Gasteiger partial charge in [0.1, 0.15) is 0 Å². The number of carbonyl (C=O) groups is 1. The van der Waals surface area contributed by atoms with E-state index in [0.717, 1.165) is 5.56 Å². The van der Waals surface area contributed by atoms with Crippen LogP contribution in [-0.2, 0) is 11.2 Å². The lowest BCUT2D eigenvalue weighted by Crippen LogP contribution is -2.59. The summed E-state index contributed by atoms with van der Waals surface area (Å²) in [5.41, 5.74) is 5.20. The van der Waals surface area contributed by atoms with Gasteiger partial charge in [0.15, 0.2) is 0 Å². The van der Waals surface area contributed by atoms with Crippen LogP contribution in [0.5, 0.6) is 0 Å². The van der Waals surface area contributed by atoms with Crippen molar-refractivity contribution in [2.75, 3.05) is 19.6 Å². The molecule has 3 N–H and O–H groups in total. The third kappa shape index (κ3) is 5.23. The van der Waals surface area contributed by atoms with E-state index in [1.54, 1.807) is 12.1 Å². The molecule has 2 aromatic carbocycles. The van der Waals surface area contributed by atoms with E-state index >= 15 is 0 Å². The molecule has 1 aliphatic rings. The Kier molecular flexibility index (Phi) is 7.15. The fourth-order valence-corrected chi connectivity index (χ4v) is 4.75. The van der Waals surface area contributed by atoms with E-state index in [2.05, 4.69) is 0 Å². The van der Waals surface area contributed by atoms with Crippen molar-refractivity contribution in [2.45, 2.75) is 38.2 Å². The number of nitrogens with zero attached hydrogens (tertiary/aromatic N) is 2. The average Bonchev–Trinajstić information content (AvgIpc) is 2.70. The molecule has 0 saturated carbocycles. The van der Waals surface area contributed by atoms with Gasteiger partial charge in [-0.3, -0.25) is 14.9 Å². The van der Waals surface area contributed by atoms with Gasteiger partial charge < -0.3 is 15.7 Å². The molecular weight excluding hydrogens is 453 g/mol. The molecule has 1 fully saturated rings. The molecule has 2 aromatic rings. The number of nitro groups is 1. The zero-order valence-corrected chi connectivity index (χ0v) is 19.6. The molecule has 2 unspecified atom stereocenters. The summed E-state index contributed by atoms with van der Waals surface area (Å²) in [7, 11) is 0. The van der Waals surface area contributed by atoms with Crippen molar-refractivity contribution in [3.63, 3.8) is 0 Å². The van der Waals surface area contributed by atoms with E-state index in [1.165, 1.54) is 18.2 Å². The Hall–Kier alpha value is -2.19. The largest absolute Gasteiger partial charge is 0.389 e. The molecule has 0 radical (unpaired) electrons. The number of amides is 1. The number of halogens is 2. The summed E-state index contributed by atoms with van der Waals surface area (Å²) >= 11 is 11.9. The van der Waals surface area contributed by atoms with Crippen molar-refractivity contribution < 1.29 is 14.8 Å². The number of nitrogens with two attached hydrogens (primary N) is 1. The minimum atomic E-state index is -0.953. The van der Waals surface area contributed by atoms with Gasteiger partial charge in [-0.05, 0) is 36.2 Å². The minimum Gasteiger partial charge on any atom is -0.389 e. The number of nitro benzene ring substituents is 1. The number of likely N-dealkylation sites (tertiary alicyclic amines) is 1. The first-order valence-electron chi connectivity index (χ1n) is 10.3. The van der Waals surface area contributed by atoms with Gasteiger partial charge >= 0.3 is 0 Å². The van der Waals surface area contributed by atoms with Crippen LogP contribution >= 0.6 is 23.2 Å². The first-order chi connectivity index (χ1) is 14.9. The molecule has 9 heteroatoms. The molecule has 32 heavy (non-hydrogen) atoms. The monoisotopic (exact) mass is 479 g/mol. The Balaban J connectivity index is 1.79. The highest BCUT2D eigenvalue weighted by Crippen LogP contribution is 2.42. The maximum atomic E-state index is 12.3. The summed E-state index contributed by atoms with van der Waals surface area (Å²) < 4.78 is 0. The number of piperidine rings is 1. The van der Waals surface area contributed by atoms with Crippen LogP contribution in [0.1, 0.15) is 37.3 Å². The molecular formula is C23H27Cl2N3O4. The molecule has 0 bridgehead atoms. The summed E-state index contributed by atoms with van der Waals surface area (Å²) in [6.07, 6.45) is 0.962. The summed E-state index contributed by atoms with van der Waals surface area (Å²) in [6.45, 7) is 5.22. The Morgan fingerprint density at radius 3 is 2.41 bits per heavy atom. The Morgan fingerprint density at radius 2 is 1.84 bits per heavy atom. The van der Waals surface area contributed by atoms with Gasteiger partial charge in [0.05, 0.1) is 16.4 Å². The smallest absolute Gasteiger partial charge is 0.274 e. The lowest BCUT2D eigenvalue weighted by molar-refractivity contribution is -0.385. The van der Waals surface area contributed by atoms with Crippen molar-refractivity contribution >= 4 is 34.8 Å². The van der Waals surface area contributed by atoms with Crippen LogP contribution in [0.4, 0.5) is 5.69 Å². The van der Waals surface area contributed by atoms with Crippen molar-refractivity contribution in [3.8, 4) is 0 Å². The van der Waals surface area contributed by atoms with E-state index in [0.29, 0.717) is 31.0 Å². The van der Waals surface area contributed by atoms with Crippen molar-refractivity contribution in [1.29, 1.82) is 0 Å². The van der Waals surface area contributed by atoms with E-state index in [-0.39, 0.29) is 22.8 Å². The minimum absolute atomic E-state index is 0.218. The molecule has 7 nitrogen and oxygen atoms in total. The summed E-state index contributed by atoms with van der Waals surface area (Å²) in [5, 5.41) is 23.9. The average molecular weight is 480 g/mol. The molecule has 1 aliphatic heterocycles. The second-order valence-electron chi connectivity index (χ2n) is 9.12. The van der Waals surface area contributed by atoms with Crippen LogP contribution < -0.4 is 5.73 Å². The van der Waals surface area contributed by atoms with E-state index in [9.17, 15) is 20.0 Å². The van der Waals surface area contributed by atoms with E-state index < -0.39 is 27.8 Å². The number of primary amides is 1. The molecule has 2 atom stereocenters. The fraction of sp³-hybridized carbons (Fsp3) is 0.435. The van der Waals surface area contributed by atoms with Crippen molar-refractivity contribution in [3.05, 3.63) is 73.8 Å². The molecule has 3 rings (SSSR count). The van der Waals surface area contributed by atoms with Crippen molar-refractivity contribution in [1.82, 2.24) is 4.90 Å². The van der Waals surface area contributed by atoms with Gasteiger partial charge in [-0.2, -0.15) is 0 Å². The first-order valence-corrected chi connectivity index (χ1v) is 11.1. The highest BCUT2D eigenvalue weighted by molar-refractivity contribution is 6.31. The number of benzene rings is 2. The zero-order chi connectivity index (χ0) is 23.7. The molecule has 1 amide bonds. The number of hydrogen-bond donors (Lipinski definition) is 2. The molecule has 1 saturated heterocycles. The lowest BCUT2D eigenvalue weighted by Gasteiger charge is -2.51. The van der Waals surface area contributed by atoms with Gasteiger partial charge in [-0.1, -0.05) is 49.2 Å². The fourth-order valence-electron chi connectivity index (χ4n) is 4.46. The van der Waals surface area contributed by atoms with Crippen LogP contribution in [0.3, 0.4) is 0 Å². The van der Waals surface area contributed by atoms with Gasteiger partial charge in [0, 0.05) is 53.1 Å². The van der Waals surface area contributed by atoms with Crippen LogP contribution in [0.2, 0.25) is 10.0 Å². The van der Waals surface area contributed by atoms with E-state index in [1.807, 2.05) is 30.9 Å². The predicted molar refractivity (Wildman–Crippen MR) is 125 cm³/mol. The van der Waals surface area contributed by atoms with Crippen LogP contribution in [0.15, 0.2) is 42.5 Å². The molecule has 1 heterocycles. The third-order valence-electron chi connectivity index (χ3n) is 6.48. The number of aliphatic hydroxyl groups is 1. The van der Waals surface area contributed by atoms with Crippen LogP contribution in [-0.4, -0.2) is 46.1 Å². The topological polar surface area (TPSA) is 110 Å². The Labute approximate surface area is 197 Å². The maximum absolute atomic E-state index is 12.3.